The molecule has 1 heterocycles. The van der Waals surface area contributed by atoms with Crippen LogP contribution in [0.25, 0.3) is 0 Å². The molecular weight excluding hydrogens is 416 g/mol. The zero-order valence-corrected chi connectivity index (χ0v) is 17.4. The average Bonchev–Trinajstić information content (AvgIpc) is 3.01. The van der Waals surface area contributed by atoms with Gasteiger partial charge in [-0.1, -0.05) is 49.0 Å². The molecule has 2 fully saturated rings. The third-order valence-corrected chi connectivity index (χ3v) is 7.79. The van der Waals surface area contributed by atoms with Crippen LogP contribution in [0.1, 0.15) is 25.3 Å². The first-order valence-corrected chi connectivity index (χ1v) is 9.96. The van der Waals surface area contributed by atoms with Gasteiger partial charge in [0.25, 0.3) is 0 Å². The lowest BCUT2D eigenvalue weighted by atomic mass is 9.77. The van der Waals surface area contributed by atoms with Crippen molar-refractivity contribution in [3.8, 4) is 0 Å². The second-order valence-corrected chi connectivity index (χ2v) is 9.17. The molecule has 4 rings (SSSR count). The number of thioether (sulfide) groups is 1. The molecular formula is C19H23ClN4O4S. The van der Waals surface area contributed by atoms with Gasteiger partial charge >= 0.3 is 11.9 Å². The van der Waals surface area contributed by atoms with E-state index >= 15 is 0 Å². The molecule has 0 spiro atoms. The number of halogens is 1. The zero-order chi connectivity index (χ0) is 20.2. The molecule has 29 heavy (non-hydrogen) atoms. The Morgan fingerprint density at radius 3 is 2.45 bits per heavy atom. The lowest BCUT2D eigenvalue weighted by molar-refractivity contribution is -0.149. The second-order valence-electron chi connectivity index (χ2n) is 7.79. The molecule has 2 aliphatic carbocycles. The van der Waals surface area contributed by atoms with E-state index in [0.717, 1.165) is 5.56 Å². The Balaban J connectivity index is 0.00000240. The highest BCUT2D eigenvalue weighted by Gasteiger charge is 2.86. The Morgan fingerprint density at radius 1 is 1.24 bits per heavy atom. The Hall–Kier alpha value is -2.10. The van der Waals surface area contributed by atoms with Crippen molar-refractivity contribution in [2.75, 3.05) is 0 Å². The van der Waals surface area contributed by atoms with E-state index in [1.807, 2.05) is 30.3 Å². The molecule has 0 radical (unpaired) electrons. The van der Waals surface area contributed by atoms with Gasteiger partial charge in [0.1, 0.15) is 11.9 Å². The summed E-state index contributed by atoms with van der Waals surface area (Å²) in [5, 5.41) is 27.2. The first kappa shape index (κ1) is 21.6. The van der Waals surface area contributed by atoms with E-state index in [1.54, 1.807) is 6.92 Å². The highest BCUT2D eigenvalue weighted by molar-refractivity contribution is 8.00. The predicted octanol–water partition coefficient (Wildman–Crippen LogP) is 2.21. The topological polar surface area (TPSA) is 142 Å². The number of aromatic nitrogens is 3. The summed E-state index contributed by atoms with van der Waals surface area (Å²) in [6, 6.07) is 9.66. The SMILES string of the molecule is CC[C@@]1(C(=O)O)[C@H]2[C@H]1[C@@](Cc1ccccc1)(Sc1nc[nH]n1)C[C@@]2(N)C(=O)O.Cl. The first-order valence-electron chi connectivity index (χ1n) is 9.14. The number of hydrogen-bond acceptors (Lipinski definition) is 6. The fourth-order valence-corrected chi connectivity index (χ4v) is 7.02. The van der Waals surface area contributed by atoms with Crippen LogP contribution in [0, 0.1) is 17.3 Å². The third-order valence-electron chi connectivity index (χ3n) is 6.46. The number of aliphatic carboxylic acids is 2. The van der Waals surface area contributed by atoms with Crippen LogP contribution in [-0.2, 0) is 16.0 Å². The van der Waals surface area contributed by atoms with Gasteiger partial charge in [-0.15, -0.1) is 17.5 Å². The van der Waals surface area contributed by atoms with E-state index in [1.165, 1.54) is 18.1 Å². The summed E-state index contributed by atoms with van der Waals surface area (Å²) in [6.07, 6.45) is 2.44. The van der Waals surface area contributed by atoms with Crippen molar-refractivity contribution in [2.45, 2.75) is 41.6 Å². The van der Waals surface area contributed by atoms with Gasteiger partial charge < -0.3 is 15.9 Å². The van der Waals surface area contributed by atoms with Crippen LogP contribution in [0.5, 0.6) is 0 Å². The molecule has 2 aliphatic rings. The lowest BCUT2D eigenvalue weighted by Gasteiger charge is -2.37. The smallest absolute Gasteiger partial charge is 0.324 e. The van der Waals surface area contributed by atoms with Crippen molar-refractivity contribution in [3.05, 3.63) is 42.2 Å². The fourth-order valence-electron chi connectivity index (χ4n) is 5.43. The van der Waals surface area contributed by atoms with E-state index in [9.17, 15) is 19.8 Å². The highest BCUT2D eigenvalue weighted by atomic mass is 35.5. The number of benzene rings is 1. The minimum atomic E-state index is -1.60. The number of rotatable bonds is 7. The average molecular weight is 439 g/mol. The molecule has 0 aliphatic heterocycles. The molecule has 5 atom stereocenters. The fraction of sp³-hybridized carbons (Fsp3) is 0.474. The predicted molar refractivity (Wildman–Crippen MR) is 109 cm³/mol. The third kappa shape index (κ3) is 3.03. The Bertz CT molecular complexity index is 914. The number of aromatic amines is 1. The Labute approximate surface area is 178 Å². The molecule has 5 N–H and O–H groups in total. The van der Waals surface area contributed by atoms with Crippen molar-refractivity contribution in [3.63, 3.8) is 0 Å². The summed E-state index contributed by atoms with van der Waals surface area (Å²) in [6.45, 7) is 1.79. The molecule has 1 aromatic carbocycles. The lowest BCUT2D eigenvalue weighted by Crippen LogP contribution is -2.54. The van der Waals surface area contributed by atoms with Gasteiger partial charge in [-0.05, 0) is 30.7 Å². The van der Waals surface area contributed by atoms with Gasteiger partial charge in [-0.3, -0.25) is 14.7 Å². The summed E-state index contributed by atoms with van der Waals surface area (Å²) < 4.78 is -0.726. The van der Waals surface area contributed by atoms with Crippen LogP contribution in [0.4, 0.5) is 0 Å². The van der Waals surface area contributed by atoms with Crippen molar-refractivity contribution in [2.24, 2.45) is 23.0 Å². The second kappa shape index (κ2) is 7.30. The van der Waals surface area contributed by atoms with Crippen LogP contribution in [0.2, 0.25) is 0 Å². The van der Waals surface area contributed by atoms with Crippen molar-refractivity contribution < 1.29 is 19.8 Å². The van der Waals surface area contributed by atoms with E-state index in [0.29, 0.717) is 18.0 Å². The van der Waals surface area contributed by atoms with E-state index < -0.39 is 33.6 Å². The monoisotopic (exact) mass is 438 g/mol. The number of carboxylic acid groups (broad SMARTS) is 2. The molecule has 156 valence electrons. The number of nitrogens with zero attached hydrogens (tertiary/aromatic N) is 2. The van der Waals surface area contributed by atoms with Crippen LogP contribution in [0.15, 0.2) is 41.8 Å². The summed E-state index contributed by atoms with van der Waals surface area (Å²) in [7, 11) is 0. The molecule has 2 aromatic rings. The minimum absolute atomic E-state index is 0. The standard InChI is InChI=1S/C19H22N4O4S.ClH/c1-2-18(14(24)25)12-13(18)19(20,15(26)27)9-17(12,28-16-21-10-22-23-16)8-11-6-4-3-5-7-11;/h3-7,10,12-13H,2,8-9,20H2,1H3,(H,24,25)(H,26,27)(H,21,22,23);1H/t12-,13+,17-,18-,19-;/m0./s1. The molecule has 0 saturated heterocycles. The molecule has 1 aromatic heterocycles. The zero-order valence-electron chi connectivity index (χ0n) is 15.7. The van der Waals surface area contributed by atoms with Crippen LogP contribution in [-0.4, -0.2) is 47.6 Å². The number of carbonyl (C=O) groups is 2. The van der Waals surface area contributed by atoms with Crippen LogP contribution in [0.3, 0.4) is 0 Å². The molecule has 0 unspecified atom stereocenters. The maximum atomic E-state index is 12.3. The molecule has 0 bridgehead atoms. The number of carboxylic acids is 2. The van der Waals surface area contributed by atoms with Crippen LogP contribution < -0.4 is 5.73 Å². The normalized spacial score (nSPS) is 34.8. The summed E-state index contributed by atoms with van der Waals surface area (Å²) in [4.78, 5) is 28.6. The molecule has 10 heteroatoms. The van der Waals surface area contributed by atoms with Crippen molar-refractivity contribution >= 4 is 36.1 Å². The number of hydrogen-bond donors (Lipinski definition) is 4. The summed E-state index contributed by atoms with van der Waals surface area (Å²) in [5.74, 6) is -3.14. The Morgan fingerprint density at radius 2 is 1.93 bits per heavy atom. The first-order chi connectivity index (χ1) is 13.3. The largest absolute Gasteiger partial charge is 0.481 e. The number of nitrogens with two attached hydrogens (primary N) is 1. The van der Waals surface area contributed by atoms with E-state index in [-0.39, 0.29) is 24.7 Å². The van der Waals surface area contributed by atoms with Gasteiger partial charge in [0.2, 0.25) is 5.16 Å². The number of H-pyrrole nitrogens is 1. The maximum Gasteiger partial charge on any atom is 0.324 e. The van der Waals surface area contributed by atoms with Gasteiger partial charge in [-0.2, -0.15) is 0 Å². The minimum Gasteiger partial charge on any atom is -0.481 e. The molecule has 2 saturated carbocycles. The van der Waals surface area contributed by atoms with Gasteiger partial charge in [0, 0.05) is 10.7 Å². The van der Waals surface area contributed by atoms with Crippen molar-refractivity contribution in [1.29, 1.82) is 0 Å². The number of fused-ring (bicyclic) bond motifs is 1. The summed E-state index contributed by atoms with van der Waals surface area (Å²) >= 11 is 1.34. The Kier molecular flexibility index (Phi) is 5.44. The van der Waals surface area contributed by atoms with Gasteiger partial charge in [-0.25, -0.2) is 4.98 Å². The quantitative estimate of drug-likeness (QED) is 0.515. The van der Waals surface area contributed by atoms with Gasteiger partial charge in [0.15, 0.2) is 0 Å². The maximum absolute atomic E-state index is 12.3. The van der Waals surface area contributed by atoms with Crippen LogP contribution >= 0.6 is 24.2 Å². The van der Waals surface area contributed by atoms with E-state index in [4.69, 9.17) is 5.73 Å². The highest BCUT2D eigenvalue weighted by Crippen LogP contribution is 2.78. The van der Waals surface area contributed by atoms with E-state index in [2.05, 4.69) is 15.2 Å². The molecule has 8 nitrogen and oxygen atoms in total. The summed E-state index contributed by atoms with van der Waals surface area (Å²) in [5.41, 5.74) is 4.66. The number of nitrogens with one attached hydrogen (secondary N) is 1. The van der Waals surface area contributed by atoms with Gasteiger partial charge in [0.05, 0.1) is 5.41 Å². The van der Waals surface area contributed by atoms with Crippen molar-refractivity contribution in [1.82, 2.24) is 15.2 Å². The molecule has 0 amide bonds.